The molecule has 0 aromatic heterocycles. The number of rotatable bonds is 2. The van der Waals surface area contributed by atoms with Crippen LogP contribution in [0, 0.1) is 0 Å². The summed E-state index contributed by atoms with van der Waals surface area (Å²) in [5.74, 6) is -5.04. The van der Waals surface area contributed by atoms with Crippen LogP contribution in [0.4, 0.5) is 8.78 Å². The van der Waals surface area contributed by atoms with Crippen LogP contribution in [0.1, 0.15) is 6.92 Å². The van der Waals surface area contributed by atoms with Crippen molar-refractivity contribution in [1.82, 2.24) is 0 Å². The summed E-state index contributed by atoms with van der Waals surface area (Å²) in [5.41, 5.74) is 0. The van der Waals surface area contributed by atoms with Crippen LogP contribution in [0.3, 0.4) is 0 Å². The molecule has 9 heavy (non-hydrogen) atoms. The fourth-order valence-electron chi connectivity index (χ4n) is 0.310. The Morgan fingerprint density at radius 3 is 1.89 bits per heavy atom. The van der Waals surface area contributed by atoms with Gasteiger partial charge in [-0.3, -0.25) is 0 Å². The third kappa shape index (κ3) is 7.77. The van der Waals surface area contributed by atoms with Crippen molar-refractivity contribution in [2.75, 3.05) is 5.75 Å². The van der Waals surface area contributed by atoms with Crippen LogP contribution in [-0.2, 0) is 10.1 Å². The minimum atomic E-state index is -4.78. The van der Waals surface area contributed by atoms with Crippen LogP contribution in [0.15, 0.2) is 0 Å². The Labute approximate surface area is 51.4 Å². The standard InChI is InChI=1S/C3H6F2O3S/c1-3(4,5)2-9(6,7)8/h2H2,1H3,(H,6,7,8)/p-1. The van der Waals surface area contributed by atoms with Gasteiger partial charge in [0, 0.05) is 6.92 Å². The summed E-state index contributed by atoms with van der Waals surface area (Å²) in [6, 6.07) is 0. The molecule has 0 unspecified atom stereocenters. The first-order valence-corrected chi connectivity index (χ1v) is 3.60. The monoisotopic (exact) mass is 159 g/mol. The summed E-state index contributed by atoms with van der Waals surface area (Å²) in [6.45, 7) is 0.377. The molecule has 0 aliphatic heterocycles. The average Bonchev–Trinajstić information content (AvgIpc) is 1.14. The zero-order chi connectivity index (χ0) is 7.71. The van der Waals surface area contributed by atoms with Gasteiger partial charge in [-0.25, -0.2) is 17.2 Å². The molecule has 0 radical (unpaired) electrons. The number of halogens is 2. The Morgan fingerprint density at radius 1 is 1.56 bits per heavy atom. The summed E-state index contributed by atoms with van der Waals surface area (Å²) in [5, 5.41) is 0. The summed E-state index contributed by atoms with van der Waals surface area (Å²) in [7, 11) is -4.78. The maximum Gasteiger partial charge on any atom is 0.258 e. The van der Waals surface area contributed by atoms with Crippen molar-refractivity contribution in [1.29, 1.82) is 0 Å². The molecule has 0 heterocycles. The van der Waals surface area contributed by atoms with Gasteiger partial charge in [-0.15, -0.1) is 0 Å². The summed E-state index contributed by atoms with van der Waals surface area (Å²) in [6.07, 6.45) is 0. The molecule has 6 heteroatoms. The van der Waals surface area contributed by atoms with Gasteiger partial charge in [0.15, 0.2) is 0 Å². The Morgan fingerprint density at radius 2 is 1.89 bits per heavy atom. The Hall–Kier alpha value is -0.230. The van der Waals surface area contributed by atoms with E-state index in [0.29, 0.717) is 6.92 Å². The molecule has 3 nitrogen and oxygen atoms in total. The first-order valence-electron chi connectivity index (χ1n) is 2.02. The van der Waals surface area contributed by atoms with Crippen LogP contribution in [-0.4, -0.2) is 24.6 Å². The molecule has 0 atom stereocenters. The first-order chi connectivity index (χ1) is 3.71. The number of alkyl halides is 2. The lowest BCUT2D eigenvalue weighted by Gasteiger charge is -2.11. The second-order valence-electron chi connectivity index (χ2n) is 1.77. The molecule has 0 aromatic rings. The average molecular weight is 159 g/mol. The molecule has 0 spiro atoms. The molecular formula is C3H5F2O3S-. The molecule has 0 saturated carbocycles. The highest BCUT2D eigenvalue weighted by atomic mass is 32.2. The fourth-order valence-corrected chi connectivity index (χ4v) is 0.931. The van der Waals surface area contributed by atoms with Crippen molar-refractivity contribution in [2.45, 2.75) is 12.8 Å². The van der Waals surface area contributed by atoms with E-state index in [-0.39, 0.29) is 0 Å². The maximum absolute atomic E-state index is 11.6. The molecule has 0 aromatic carbocycles. The minimum Gasteiger partial charge on any atom is -0.748 e. The lowest BCUT2D eigenvalue weighted by Crippen LogP contribution is -2.23. The number of hydrogen-bond donors (Lipinski definition) is 0. The highest BCUT2D eigenvalue weighted by molar-refractivity contribution is 7.85. The van der Waals surface area contributed by atoms with E-state index >= 15 is 0 Å². The molecule has 0 aliphatic carbocycles. The van der Waals surface area contributed by atoms with E-state index in [0.717, 1.165) is 0 Å². The van der Waals surface area contributed by atoms with Crippen molar-refractivity contribution in [3.63, 3.8) is 0 Å². The first kappa shape index (κ1) is 8.77. The SMILES string of the molecule is CC(F)(F)CS(=O)(=O)[O-]. The van der Waals surface area contributed by atoms with Crippen molar-refractivity contribution in [3.05, 3.63) is 0 Å². The van der Waals surface area contributed by atoms with Crippen LogP contribution in [0.5, 0.6) is 0 Å². The smallest absolute Gasteiger partial charge is 0.258 e. The topological polar surface area (TPSA) is 57.2 Å². The molecule has 0 N–H and O–H groups in total. The lowest BCUT2D eigenvalue weighted by molar-refractivity contribution is 0.0456. The van der Waals surface area contributed by atoms with Crippen LogP contribution >= 0.6 is 0 Å². The molecule has 56 valence electrons. The van der Waals surface area contributed by atoms with Crippen molar-refractivity contribution >= 4 is 10.1 Å². The van der Waals surface area contributed by atoms with Crippen LogP contribution in [0.25, 0.3) is 0 Å². The van der Waals surface area contributed by atoms with E-state index in [4.69, 9.17) is 0 Å². The van der Waals surface area contributed by atoms with Gasteiger partial charge in [0.2, 0.25) is 0 Å². The van der Waals surface area contributed by atoms with Crippen molar-refractivity contribution in [2.24, 2.45) is 0 Å². The van der Waals surface area contributed by atoms with Crippen LogP contribution < -0.4 is 0 Å². The van der Waals surface area contributed by atoms with Gasteiger partial charge in [0.25, 0.3) is 5.92 Å². The lowest BCUT2D eigenvalue weighted by atomic mass is 10.5. The van der Waals surface area contributed by atoms with Gasteiger partial charge in [0.05, 0.1) is 0 Å². The van der Waals surface area contributed by atoms with E-state index in [1.807, 2.05) is 0 Å². The Bertz CT molecular complexity index is 178. The predicted molar refractivity (Wildman–Crippen MR) is 25.2 cm³/mol. The minimum absolute atomic E-state index is 0.377. The molecule has 0 bridgehead atoms. The van der Waals surface area contributed by atoms with Gasteiger partial charge in [0.1, 0.15) is 15.9 Å². The maximum atomic E-state index is 11.6. The predicted octanol–water partition coefficient (Wildman–Crippen LogP) is 0.187. The fraction of sp³-hybridized carbons (Fsp3) is 1.00. The normalized spacial score (nSPS) is 13.8. The van der Waals surface area contributed by atoms with Gasteiger partial charge in [-0.2, -0.15) is 0 Å². The zero-order valence-electron chi connectivity index (χ0n) is 4.60. The molecular weight excluding hydrogens is 154 g/mol. The van der Waals surface area contributed by atoms with Crippen LogP contribution in [0.2, 0.25) is 0 Å². The molecule has 0 fully saturated rings. The van der Waals surface area contributed by atoms with E-state index < -0.39 is 21.8 Å². The van der Waals surface area contributed by atoms with E-state index in [9.17, 15) is 21.8 Å². The summed E-state index contributed by atoms with van der Waals surface area (Å²) < 4.78 is 52.1. The van der Waals surface area contributed by atoms with Crippen molar-refractivity contribution < 1.29 is 21.8 Å². The second kappa shape index (κ2) is 2.18. The molecule has 0 rings (SSSR count). The Balaban J connectivity index is 4.07. The highest BCUT2D eigenvalue weighted by Gasteiger charge is 2.24. The molecule has 0 amide bonds. The largest absolute Gasteiger partial charge is 0.748 e. The Kier molecular flexibility index (Phi) is 2.13. The van der Waals surface area contributed by atoms with Gasteiger partial charge >= 0.3 is 0 Å². The van der Waals surface area contributed by atoms with E-state index in [1.54, 1.807) is 0 Å². The quantitative estimate of drug-likeness (QED) is 0.540. The second-order valence-corrected chi connectivity index (χ2v) is 3.18. The summed E-state index contributed by atoms with van der Waals surface area (Å²) in [4.78, 5) is 0. The third-order valence-electron chi connectivity index (χ3n) is 0.430. The zero-order valence-corrected chi connectivity index (χ0v) is 5.41. The van der Waals surface area contributed by atoms with Gasteiger partial charge < -0.3 is 4.55 Å². The van der Waals surface area contributed by atoms with Gasteiger partial charge in [-0.1, -0.05) is 0 Å². The van der Waals surface area contributed by atoms with Gasteiger partial charge in [-0.05, 0) is 0 Å². The third-order valence-corrected chi connectivity index (χ3v) is 1.29. The molecule has 0 aliphatic rings. The van der Waals surface area contributed by atoms with E-state index in [1.165, 1.54) is 0 Å². The highest BCUT2D eigenvalue weighted by Crippen LogP contribution is 2.12. The number of hydrogen-bond acceptors (Lipinski definition) is 3. The molecule has 0 saturated heterocycles. The summed E-state index contributed by atoms with van der Waals surface area (Å²) >= 11 is 0. The van der Waals surface area contributed by atoms with Crippen molar-refractivity contribution in [3.8, 4) is 0 Å². The van der Waals surface area contributed by atoms with E-state index in [2.05, 4.69) is 0 Å².